The largest absolute Gasteiger partial charge is 0.352 e. The third-order valence-corrected chi connectivity index (χ3v) is 4.71. The highest BCUT2D eigenvalue weighted by Crippen LogP contribution is 2.15. The number of hydrogen-bond acceptors (Lipinski definition) is 1. The van der Waals surface area contributed by atoms with Gasteiger partial charge in [-0.1, -0.05) is 92.4 Å². The Kier molecular flexibility index (Phi) is 11.1. The number of unbranched alkanes of at least 4 members (excludes halogenated alkanes) is 8. The van der Waals surface area contributed by atoms with Gasteiger partial charge in [0.25, 0.3) is 0 Å². The molecule has 0 fully saturated rings. The maximum absolute atomic E-state index is 11.8. The van der Waals surface area contributed by atoms with E-state index in [1.807, 2.05) is 24.3 Å². The Hall–Kier alpha value is -0.830. The molecule has 0 saturated heterocycles. The SMILES string of the molecule is CCCCCCCCCCCC(=O)NCc1ccccc1Br. The molecule has 1 aromatic carbocycles. The van der Waals surface area contributed by atoms with Crippen LogP contribution in [-0.4, -0.2) is 5.91 Å². The van der Waals surface area contributed by atoms with Crippen LogP contribution in [0.4, 0.5) is 0 Å². The van der Waals surface area contributed by atoms with E-state index in [1.54, 1.807) is 0 Å². The van der Waals surface area contributed by atoms with Gasteiger partial charge in [0, 0.05) is 17.4 Å². The van der Waals surface area contributed by atoms with Gasteiger partial charge in [-0.2, -0.15) is 0 Å². The number of amides is 1. The van der Waals surface area contributed by atoms with Crippen molar-refractivity contribution in [1.29, 1.82) is 0 Å². The summed E-state index contributed by atoms with van der Waals surface area (Å²) in [4.78, 5) is 11.8. The van der Waals surface area contributed by atoms with E-state index in [2.05, 4.69) is 28.2 Å². The summed E-state index contributed by atoms with van der Waals surface area (Å²) in [5.41, 5.74) is 1.13. The monoisotopic (exact) mass is 367 g/mol. The second kappa shape index (κ2) is 12.7. The summed E-state index contributed by atoms with van der Waals surface area (Å²) in [5, 5.41) is 3.00. The van der Waals surface area contributed by atoms with Gasteiger partial charge in [0.1, 0.15) is 0 Å². The van der Waals surface area contributed by atoms with E-state index in [-0.39, 0.29) is 5.91 Å². The van der Waals surface area contributed by atoms with Crippen LogP contribution in [0.25, 0.3) is 0 Å². The molecule has 1 N–H and O–H groups in total. The molecule has 0 aliphatic carbocycles. The number of benzene rings is 1. The molecule has 2 nitrogen and oxygen atoms in total. The van der Waals surface area contributed by atoms with Crippen LogP contribution in [0.3, 0.4) is 0 Å². The summed E-state index contributed by atoms with van der Waals surface area (Å²) in [6.07, 6.45) is 12.2. The molecule has 0 spiro atoms. The van der Waals surface area contributed by atoms with E-state index in [0.717, 1.165) is 16.5 Å². The summed E-state index contributed by atoms with van der Waals surface area (Å²) >= 11 is 3.50. The summed E-state index contributed by atoms with van der Waals surface area (Å²) in [6.45, 7) is 2.86. The zero-order valence-corrected chi connectivity index (χ0v) is 15.5. The standard InChI is InChI=1S/C19H30BrNO/c1-2-3-4-5-6-7-8-9-10-15-19(22)21-16-17-13-11-12-14-18(17)20/h11-14H,2-10,15-16H2,1H3,(H,21,22). The molecule has 0 radical (unpaired) electrons. The zero-order chi connectivity index (χ0) is 16.0. The minimum Gasteiger partial charge on any atom is -0.352 e. The van der Waals surface area contributed by atoms with E-state index >= 15 is 0 Å². The van der Waals surface area contributed by atoms with Gasteiger partial charge in [-0.15, -0.1) is 0 Å². The Balaban J connectivity index is 1.97. The molecule has 1 rings (SSSR count). The van der Waals surface area contributed by atoms with E-state index in [9.17, 15) is 4.79 Å². The van der Waals surface area contributed by atoms with Gasteiger partial charge in [-0.05, 0) is 18.1 Å². The topological polar surface area (TPSA) is 29.1 Å². The third-order valence-electron chi connectivity index (χ3n) is 3.94. The Bertz CT molecular complexity index is 420. The first kappa shape index (κ1) is 19.2. The van der Waals surface area contributed by atoms with Crippen molar-refractivity contribution in [1.82, 2.24) is 5.32 Å². The van der Waals surface area contributed by atoms with Gasteiger partial charge in [-0.25, -0.2) is 0 Å². The van der Waals surface area contributed by atoms with Crippen LogP contribution in [0.2, 0.25) is 0 Å². The van der Waals surface area contributed by atoms with Crippen LogP contribution in [0, 0.1) is 0 Å². The van der Waals surface area contributed by atoms with E-state index in [1.165, 1.54) is 51.4 Å². The van der Waals surface area contributed by atoms with E-state index in [4.69, 9.17) is 0 Å². The maximum atomic E-state index is 11.8. The molecule has 0 heterocycles. The zero-order valence-electron chi connectivity index (χ0n) is 13.9. The molecule has 1 amide bonds. The number of nitrogens with one attached hydrogen (secondary N) is 1. The molecule has 0 saturated carbocycles. The minimum atomic E-state index is 0.165. The normalized spacial score (nSPS) is 10.6. The first-order valence-corrected chi connectivity index (χ1v) is 9.53. The van der Waals surface area contributed by atoms with Crippen molar-refractivity contribution in [2.24, 2.45) is 0 Å². The van der Waals surface area contributed by atoms with Gasteiger partial charge in [0.15, 0.2) is 0 Å². The second-order valence-corrected chi connectivity index (χ2v) is 6.80. The molecule has 0 atom stereocenters. The van der Waals surface area contributed by atoms with Crippen molar-refractivity contribution in [2.45, 2.75) is 77.7 Å². The van der Waals surface area contributed by atoms with Crippen LogP contribution in [0.1, 0.15) is 76.7 Å². The van der Waals surface area contributed by atoms with E-state index < -0.39 is 0 Å². The Morgan fingerprint density at radius 1 is 0.955 bits per heavy atom. The van der Waals surface area contributed by atoms with Crippen molar-refractivity contribution in [3.63, 3.8) is 0 Å². The van der Waals surface area contributed by atoms with Gasteiger partial charge < -0.3 is 5.32 Å². The lowest BCUT2D eigenvalue weighted by Gasteiger charge is -2.07. The average Bonchev–Trinajstić information content (AvgIpc) is 2.52. The average molecular weight is 368 g/mol. The van der Waals surface area contributed by atoms with Gasteiger partial charge in [0.2, 0.25) is 5.91 Å². The van der Waals surface area contributed by atoms with Gasteiger partial charge >= 0.3 is 0 Å². The van der Waals surface area contributed by atoms with Crippen molar-refractivity contribution >= 4 is 21.8 Å². The van der Waals surface area contributed by atoms with Crippen molar-refractivity contribution in [3.8, 4) is 0 Å². The summed E-state index contributed by atoms with van der Waals surface area (Å²) in [5.74, 6) is 0.165. The highest BCUT2D eigenvalue weighted by atomic mass is 79.9. The fourth-order valence-electron chi connectivity index (χ4n) is 2.52. The van der Waals surface area contributed by atoms with Crippen LogP contribution in [-0.2, 0) is 11.3 Å². The van der Waals surface area contributed by atoms with Crippen molar-refractivity contribution in [2.75, 3.05) is 0 Å². The molecule has 3 heteroatoms. The molecular weight excluding hydrogens is 338 g/mol. The lowest BCUT2D eigenvalue weighted by molar-refractivity contribution is -0.121. The van der Waals surface area contributed by atoms with Crippen LogP contribution in [0.5, 0.6) is 0 Å². The Morgan fingerprint density at radius 2 is 1.55 bits per heavy atom. The van der Waals surface area contributed by atoms with Crippen LogP contribution in [0.15, 0.2) is 28.7 Å². The molecule has 0 aliphatic heterocycles. The predicted octanol–water partition coefficient (Wildman–Crippen LogP) is 5.99. The number of carbonyl (C=O) groups excluding carboxylic acids is 1. The molecule has 1 aromatic rings. The predicted molar refractivity (Wildman–Crippen MR) is 97.8 cm³/mol. The number of halogens is 1. The molecule has 0 unspecified atom stereocenters. The van der Waals surface area contributed by atoms with Gasteiger partial charge in [-0.3, -0.25) is 4.79 Å². The molecule has 0 aromatic heterocycles. The summed E-state index contributed by atoms with van der Waals surface area (Å²) in [6, 6.07) is 8.01. The highest BCUT2D eigenvalue weighted by molar-refractivity contribution is 9.10. The van der Waals surface area contributed by atoms with Crippen molar-refractivity contribution < 1.29 is 4.79 Å². The Labute approximate surface area is 144 Å². The smallest absolute Gasteiger partial charge is 0.220 e. The molecule has 22 heavy (non-hydrogen) atoms. The lowest BCUT2D eigenvalue weighted by atomic mass is 10.1. The van der Waals surface area contributed by atoms with Crippen LogP contribution < -0.4 is 5.32 Å². The summed E-state index contributed by atoms with van der Waals surface area (Å²) < 4.78 is 1.05. The highest BCUT2D eigenvalue weighted by Gasteiger charge is 2.03. The van der Waals surface area contributed by atoms with Gasteiger partial charge in [0.05, 0.1) is 0 Å². The first-order valence-electron chi connectivity index (χ1n) is 8.74. The fourth-order valence-corrected chi connectivity index (χ4v) is 2.95. The maximum Gasteiger partial charge on any atom is 0.220 e. The van der Waals surface area contributed by atoms with Crippen LogP contribution >= 0.6 is 15.9 Å². The molecule has 0 bridgehead atoms. The molecule has 124 valence electrons. The number of rotatable bonds is 12. The Morgan fingerprint density at radius 3 is 2.18 bits per heavy atom. The lowest BCUT2D eigenvalue weighted by Crippen LogP contribution is -2.22. The van der Waals surface area contributed by atoms with E-state index in [0.29, 0.717) is 13.0 Å². The number of hydrogen-bond donors (Lipinski definition) is 1. The quantitative estimate of drug-likeness (QED) is 0.451. The minimum absolute atomic E-state index is 0.165. The second-order valence-electron chi connectivity index (χ2n) is 5.95. The number of carbonyl (C=O) groups is 1. The molecule has 0 aliphatic rings. The molecular formula is C19H30BrNO. The summed E-state index contributed by atoms with van der Waals surface area (Å²) in [7, 11) is 0. The van der Waals surface area contributed by atoms with Crippen molar-refractivity contribution in [3.05, 3.63) is 34.3 Å². The first-order chi connectivity index (χ1) is 10.7. The fraction of sp³-hybridized carbons (Fsp3) is 0.632. The third kappa shape index (κ3) is 9.24.